The number of amides is 2. The maximum atomic E-state index is 12.0. The van der Waals surface area contributed by atoms with Gasteiger partial charge in [0.05, 0.1) is 4.91 Å². The van der Waals surface area contributed by atoms with E-state index < -0.39 is 0 Å². The van der Waals surface area contributed by atoms with Gasteiger partial charge in [-0.1, -0.05) is 13.0 Å². The maximum Gasteiger partial charge on any atom is 0.293 e. The average molecular weight is 330 g/mol. The van der Waals surface area contributed by atoms with E-state index in [0.29, 0.717) is 10.8 Å². The fourth-order valence-corrected chi connectivity index (χ4v) is 4.21. The van der Waals surface area contributed by atoms with E-state index in [1.54, 1.807) is 0 Å². The molecule has 1 atom stereocenters. The lowest BCUT2D eigenvalue weighted by molar-refractivity contribution is -0.121. The lowest BCUT2D eigenvalue weighted by atomic mass is 9.80. The molecule has 2 heterocycles. The number of nitrogens with zero attached hydrogens (tertiary/aromatic N) is 2. The molecule has 0 N–H and O–H groups in total. The number of fused-ring (bicyclic) bond motifs is 1. The van der Waals surface area contributed by atoms with Crippen molar-refractivity contribution in [1.82, 2.24) is 4.90 Å². The summed E-state index contributed by atoms with van der Waals surface area (Å²) in [6.45, 7) is 6.77. The van der Waals surface area contributed by atoms with Crippen molar-refractivity contribution < 1.29 is 9.59 Å². The summed E-state index contributed by atoms with van der Waals surface area (Å²) in [4.78, 5) is 27.6. The molecule has 0 aromatic heterocycles. The molecule has 23 heavy (non-hydrogen) atoms. The van der Waals surface area contributed by atoms with Gasteiger partial charge in [0.15, 0.2) is 0 Å². The highest BCUT2D eigenvalue weighted by atomic mass is 32.2. The van der Waals surface area contributed by atoms with Crippen LogP contribution in [0, 0.1) is 0 Å². The topological polar surface area (TPSA) is 40.6 Å². The number of carbonyl (C=O) groups is 2. The fraction of sp³-hybridized carbons (Fsp3) is 0.444. The molecule has 2 aliphatic rings. The minimum atomic E-state index is -0.218. The number of thioether (sulfide) groups is 1. The first kappa shape index (κ1) is 16.1. The molecule has 0 aliphatic carbocycles. The molecule has 4 nitrogen and oxygen atoms in total. The zero-order valence-corrected chi connectivity index (χ0v) is 15.0. The molecule has 0 bridgehead atoms. The molecule has 0 unspecified atom stereocenters. The molecule has 5 heteroatoms. The van der Waals surface area contributed by atoms with E-state index in [1.165, 1.54) is 18.3 Å². The Kier molecular flexibility index (Phi) is 3.79. The van der Waals surface area contributed by atoms with E-state index in [-0.39, 0.29) is 16.7 Å². The Morgan fingerprint density at radius 2 is 1.96 bits per heavy atom. The SMILES string of the molecule is C[C@@H]1CC(C)(C)N(C)c2ccc(/C=C3/SC(=O)N(C)C3=O)cc21. The van der Waals surface area contributed by atoms with Crippen molar-refractivity contribution in [3.8, 4) is 0 Å². The predicted molar refractivity (Wildman–Crippen MR) is 95.7 cm³/mol. The fourth-order valence-electron chi connectivity index (χ4n) is 3.38. The molecular formula is C18H22N2O2S. The molecule has 2 amide bonds. The van der Waals surface area contributed by atoms with Crippen molar-refractivity contribution >= 4 is 34.7 Å². The van der Waals surface area contributed by atoms with Gasteiger partial charge in [0.25, 0.3) is 11.1 Å². The average Bonchev–Trinajstić information content (AvgIpc) is 2.72. The van der Waals surface area contributed by atoms with E-state index in [4.69, 9.17) is 0 Å². The van der Waals surface area contributed by atoms with Crippen molar-refractivity contribution in [3.63, 3.8) is 0 Å². The van der Waals surface area contributed by atoms with Crippen LogP contribution in [-0.2, 0) is 4.79 Å². The summed E-state index contributed by atoms with van der Waals surface area (Å²) in [7, 11) is 3.65. The number of rotatable bonds is 1. The number of hydrogen-bond acceptors (Lipinski definition) is 4. The van der Waals surface area contributed by atoms with E-state index >= 15 is 0 Å². The first-order valence-electron chi connectivity index (χ1n) is 7.80. The van der Waals surface area contributed by atoms with Gasteiger partial charge in [-0.25, -0.2) is 0 Å². The van der Waals surface area contributed by atoms with Crippen molar-refractivity contribution in [2.75, 3.05) is 19.0 Å². The number of imide groups is 1. The summed E-state index contributed by atoms with van der Waals surface area (Å²) in [6.07, 6.45) is 2.91. The van der Waals surface area contributed by atoms with Crippen molar-refractivity contribution in [3.05, 3.63) is 34.2 Å². The van der Waals surface area contributed by atoms with Gasteiger partial charge in [-0.15, -0.1) is 0 Å². The smallest absolute Gasteiger partial charge is 0.293 e. The standard InChI is InChI=1S/C18H22N2O2S/c1-11-10-18(2,3)20(5)14-7-6-12(8-13(11)14)9-15-16(21)19(4)17(22)23-15/h6-9,11H,10H2,1-5H3/b15-9+/t11-/m1/s1. The first-order chi connectivity index (χ1) is 10.7. The zero-order valence-electron chi connectivity index (χ0n) is 14.2. The third-order valence-corrected chi connectivity index (χ3v) is 5.90. The monoisotopic (exact) mass is 330 g/mol. The molecule has 2 aliphatic heterocycles. The number of likely N-dealkylation sites (N-methyl/N-ethyl adjacent to an activating group) is 1. The second-order valence-electron chi connectivity index (χ2n) is 7.04. The molecule has 1 saturated heterocycles. The third kappa shape index (κ3) is 2.67. The minimum Gasteiger partial charge on any atom is -0.369 e. The van der Waals surface area contributed by atoms with Crippen LogP contribution in [0.5, 0.6) is 0 Å². The van der Waals surface area contributed by atoms with Gasteiger partial charge >= 0.3 is 0 Å². The van der Waals surface area contributed by atoms with Gasteiger partial charge in [0, 0.05) is 25.3 Å². The number of carbonyl (C=O) groups excluding carboxylic acids is 2. The second-order valence-corrected chi connectivity index (χ2v) is 8.03. The Balaban J connectivity index is 1.98. The minimum absolute atomic E-state index is 0.138. The van der Waals surface area contributed by atoms with Crippen LogP contribution in [0.25, 0.3) is 6.08 Å². The van der Waals surface area contributed by atoms with Crippen LogP contribution in [0.4, 0.5) is 10.5 Å². The van der Waals surface area contributed by atoms with Gasteiger partial charge < -0.3 is 4.90 Å². The molecule has 1 fully saturated rings. The Morgan fingerprint density at radius 3 is 2.57 bits per heavy atom. The summed E-state index contributed by atoms with van der Waals surface area (Å²) in [5.41, 5.74) is 3.66. The van der Waals surface area contributed by atoms with Gasteiger partial charge in [-0.2, -0.15) is 0 Å². The van der Waals surface area contributed by atoms with Crippen LogP contribution in [0.3, 0.4) is 0 Å². The largest absolute Gasteiger partial charge is 0.369 e. The summed E-state index contributed by atoms with van der Waals surface area (Å²) in [5, 5.41) is -0.214. The zero-order chi connectivity index (χ0) is 16.9. The maximum absolute atomic E-state index is 12.0. The van der Waals surface area contributed by atoms with E-state index in [0.717, 1.165) is 28.6 Å². The third-order valence-electron chi connectivity index (χ3n) is 4.94. The molecule has 0 saturated carbocycles. The normalized spacial score (nSPS) is 25.3. The van der Waals surface area contributed by atoms with Crippen LogP contribution in [0.15, 0.2) is 23.1 Å². The van der Waals surface area contributed by atoms with Crippen LogP contribution < -0.4 is 4.90 Å². The Morgan fingerprint density at radius 1 is 1.26 bits per heavy atom. The van der Waals surface area contributed by atoms with Crippen LogP contribution in [0.1, 0.15) is 44.2 Å². The summed E-state index contributed by atoms with van der Waals surface area (Å²) in [6, 6.07) is 6.29. The quantitative estimate of drug-likeness (QED) is 0.728. The van der Waals surface area contributed by atoms with Gasteiger partial charge in [0.2, 0.25) is 0 Å². The van der Waals surface area contributed by atoms with Crippen LogP contribution in [-0.4, -0.2) is 35.7 Å². The van der Waals surface area contributed by atoms with Gasteiger partial charge in [0.1, 0.15) is 0 Å². The van der Waals surface area contributed by atoms with Crippen molar-refractivity contribution in [2.24, 2.45) is 0 Å². The summed E-state index contributed by atoms with van der Waals surface area (Å²) in [5.74, 6) is 0.245. The second kappa shape index (κ2) is 5.41. The van der Waals surface area contributed by atoms with E-state index in [1.807, 2.05) is 12.1 Å². The number of benzene rings is 1. The van der Waals surface area contributed by atoms with E-state index in [2.05, 4.69) is 44.9 Å². The highest BCUT2D eigenvalue weighted by Gasteiger charge is 2.34. The van der Waals surface area contributed by atoms with Crippen LogP contribution in [0.2, 0.25) is 0 Å². The van der Waals surface area contributed by atoms with Crippen LogP contribution >= 0.6 is 11.8 Å². The molecule has 0 spiro atoms. The molecule has 3 rings (SSSR count). The lowest BCUT2D eigenvalue weighted by Crippen LogP contribution is -2.45. The summed E-state index contributed by atoms with van der Waals surface area (Å²) < 4.78 is 0. The summed E-state index contributed by atoms with van der Waals surface area (Å²) >= 11 is 1.00. The first-order valence-corrected chi connectivity index (χ1v) is 8.62. The van der Waals surface area contributed by atoms with Crippen molar-refractivity contribution in [2.45, 2.75) is 38.6 Å². The van der Waals surface area contributed by atoms with E-state index in [9.17, 15) is 9.59 Å². The Bertz CT molecular complexity index is 724. The highest BCUT2D eigenvalue weighted by molar-refractivity contribution is 8.18. The molecule has 0 radical (unpaired) electrons. The number of hydrogen-bond donors (Lipinski definition) is 0. The molecule has 122 valence electrons. The molecule has 1 aromatic carbocycles. The Labute approximate surface area is 141 Å². The molecule has 1 aromatic rings. The Hall–Kier alpha value is -1.75. The molecular weight excluding hydrogens is 308 g/mol. The highest BCUT2D eigenvalue weighted by Crippen LogP contribution is 2.43. The predicted octanol–water partition coefficient (Wildman–Crippen LogP) is 4.07. The van der Waals surface area contributed by atoms with Gasteiger partial charge in [-0.05, 0) is 67.3 Å². The van der Waals surface area contributed by atoms with Gasteiger partial charge in [-0.3, -0.25) is 14.5 Å². The van der Waals surface area contributed by atoms with Crippen molar-refractivity contribution in [1.29, 1.82) is 0 Å². The lowest BCUT2D eigenvalue weighted by Gasteiger charge is -2.45. The number of anilines is 1.